The second-order valence-corrected chi connectivity index (χ2v) is 8.74. The molecule has 1 unspecified atom stereocenters. The topological polar surface area (TPSA) is 41.9 Å². The minimum atomic E-state index is -0.192. The first-order valence-corrected chi connectivity index (χ1v) is 11.5. The third-order valence-electron chi connectivity index (χ3n) is 6.40. The van der Waals surface area contributed by atoms with Gasteiger partial charge in [0.2, 0.25) is 0 Å². The van der Waals surface area contributed by atoms with E-state index in [2.05, 4.69) is 41.1 Å². The normalized spacial score (nSPS) is 16.6. The van der Waals surface area contributed by atoms with E-state index in [0.717, 1.165) is 60.7 Å². The summed E-state index contributed by atoms with van der Waals surface area (Å²) >= 11 is 0. The van der Waals surface area contributed by atoms with Crippen LogP contribution in [0.4, 0.5) is 4.39 Å². The minimum Gasteiger partial charge on any atom is -0.298 e. The largest absolute Gasteiger partial charge is 0.298 e. The first kappa shape index (κ1) is 21.4. The summed E-state index contributed by atoms with van der Waals surface area (Å²) in [6, 6.07) is 19.2. The lowest BCUT2D eigenvalue weighted by molar-refractivity contribution is 0.198. The molecule has 0 bridgehead atoms. The monoisotopic (exact) mass is 438 g/mol. The molecule has 1 fully saturated rings. The lowest BCUT2D eigenvalue weighted by atomic mass is 9.88. The molecule has 0 radical (unpaired) electrons. The van der Waals surface area contributed by atoms with Crippen LogP contribution in [0.15, 0.2) is 79.3 Å². The molecule has 1 aliphatic heterocycles. The van der Waals surface area contributed by atoms with Gasteiger partial charge in [0.1, 0.15) is 5.82 Å². The smallest absolute Gasteiger partial charge is 0.159 e. The van der Waals surface area contributed by atoms with Gasteiger partial charge >= 0.3 is 0 Å². The molecule has 5 rings (SSSR count). The average Bonchev–Trinajstić information content (AvgIpc) is 2.86. The first-order chi connectivity index (χ1) is 16.2. The van der Waals surface area contributed by atoms with E-state index < -0.39 is 0 Å². The van der Waals surface area contributed by atoms with Crippen LogP contribution in [0.2, 0.25) is 0 Å². The van der Waals surface area contributed by atoms with Crippen molar-refractivity contribution in [1.29, 1.82) is 0 Å². The molecule has 4 nitrogen and oxygen atoms in total. The second kappa shape index (κ2) is 9.59. The molecular formula is C28H27FN4. The number of halogens is 1. The standard InChI is InChI=1S/C28H27FN4/c1-20-5-2-3-7-25(20)26-17-31-28(22-12-14-30-15-13-22)32-27(26)23-6-4-16-33(19-23)18-21-8-10-24(29)11-9-21/h2-3,5,7-15,17,23H,4,6,16,18-19H2,1H3. The van der Waals surface area contributed by atoms with Crippen molar-refractivity contribution in [3.05, 3.63) is 102 Å². The van der Waals surface area contributed by atoms with E-state index in [0.29, 0.717) is 5.92 Å². The fourth-order valence-corrected chi connectivity index (χ4v) is 4.70. The van der Waals surface area contributed by atoms with Crippen molar-refractivity contribution in [3.8, 4) is 22.5 Å². The zero-order valence-electron chi connectivity index (χ0n) is 18.8. The molecule has 166 valence electrons. The van der Waals surface area contributed by atoms with E-state index in [1.807, 2.05) is 30.5 Å². The zero-order chi connectivity index (χ0) is 22.6. The number of aryl methyl sites for hydroxylation is 1. The van der Waals surface area contributed by atoms with Crippen LogP contribution in [-0.4, -0.2) is 32.9 Å². The molecule has 4 aromatic rings. The molecule has 2 aromatic carbocycles. The number of likely N-dealkylation sites (tertiary alicyclic amines) is 1. The van der Waals surface area contributed by atoms with Gasteiger partial charge < -0.3 is 0 Å². The van der Waals surface area contributed by atoms with Crippen molar-refractivity contribution >= 4 is 0 Å². The van der Waals surface area contributed by atoms with E-state index >= 15 is 0 Å². The lowest BCUT2D eigenvalue weighted by Gasteiger charge is -2.33. The Hall–Kier alpha value is -3.44. The number of aromatic nitrogens is 3. The molecule has 0 saturated carbocycles. The van der Waals surface area contributed by atoms with Crippen molar-refractivity contribution in [1.82, 2.24) is 19.9 Å². The van der Waals surface area contributed by atoms with Gasteiger partial charge in [-0.05, 0) is 67.3 Å². The van der Waals surface area contributed by atoms with Gasteiger partial charge in [0.05, 0.1) is 5.69 Å². The maximum absolute atomic E-state index is 13.3. The molecule has 1 aliphatic rings. The van der Waals surface area contributed by atoms with E-state index in [-0.39, 0.29) is 5.82 Å². The Bertz CT molecular complexity index is 1220. The van der Waals surface area contributed by atoms with Crippen molar-refractivity contribution < 1.29 is 4.39 Å². The maximum Gasteiger partial charge on any atom is 0.159 e. The Morgan fingerprint density at radius 3 is 2.55 bits per heavy atom. The molecule has 1 atom stereocenters. The first-order valence-electron chi connectivity index (χ1n) is 11.5. The van der Waals surface area contributed by atoms with Crippen molar-refractivity contribution in [3.63, 3.8) is 0 Å². The molecule has 33 heavy (non-hydrogen) atoms. The summed E-state index contributed by atoms with van der Waals surface area (Å²) < 4.78 is 13.3. The SMILES string of the molecule is Cc1ccccc1-c1cnc(-c2ccncc2)nc1C1CCCN(Cc2ccc(F)cc2)C1. The van der Waals surface area contributed by atoms with Crippen LogP contribution in [-0.2, 0) is 6.54 Å². The van der Waals surface area contributed by atoms with Crippen LogP contribution >= 0.6 is 0 Å². The van der Waals surface area contributed by atoms with Gasteiger partial charge in [-0.15, -0.1) is 0 Å². The molecule has 0 N–H and O–H groups in total. The van der Waals surface area contributed by atoms with Gasteiger partial charge in [-0.3, -0.25) is 9.88 Å². The van der Waals surface area contributed by atoms with E-state index in [1.54, 1.807) is 24.5 Å². The van der Waals surface area contributed by atoms with Crippen LogP contribution in [0.1, 0.15) is 35.6 Å². The predicted octanol–water partition coefficient (Wildman–Crippen LogP) is 6.03. The average molecular weight is 439 g/mol. The molecule has 0 amide bonds. The lowest BCUT2D eigenvalue weighted by Crippen LogP contribution is -2.34. The van der Waals surface area contributed by atoms with Crippen LogP contribution < -0.4 is 0 Å². The van der Waals surface area contributed by atoms with Gasteiger partial charge in [0.15, 0.2) is 5.82 Å². The van der Waals surface area contributed by atoms with Gasteiger partial charge in [-0.25, -0.2) is 14.4 Å². The second-order valence-electron chi connectivity index (χ2n) is 8.74. The van der Waals surface area contributed by atoms with Crippen molar-refractivity contribution in [2.45, 2.75) is 32.2 Å². The highest BCUT2D eigenvalue weighted by atomic mass is 19.1. The predicted molar refractivity (Wildman–Crippen MR) is 129 cm³/mol. The Labute approximate surface area is 194 Å². The summed E-state index contributed by atoms with van der Waals surface area (Å²) in [5, 5.41) is 0. The molecule has 0 aliphatic carbocycles. The van der Waals surface area contributed by atoms with Crippen LogP contribution in [0.5, 0.6) is 0 Å². The quantitative estimate of drug-likeness (QED) is 0.381. The summed E-state index contributed by atoms with van der Waals surface area (Å²) in [6.45, 7) is 4.91. The zero-order valence-corrected chi connectivity index (χ0v) is 18.8. The number of nitrogens with zero attached hydrogens (tertiary/aromatic N) is 4. The summed E-state index contributed by atoms with van der Waals surface area (Å²) in [6.07, 6.45) is 7.73. The van der Waals surface area contributed by atoms with Gasteiger partial charge in [0, 0.05) is 48.7 Å². The Balaban J connectivity index is 1.50. The van der Waals surface area contributed by atoms with Crippen LogP contribution in [0.25, 0.3) is 22.5 Å². The molecule has 1 saturated heterocycles. The van der Waals surface area contributed by atoms with E-state index in [1.165, 1.54) is 11.1 Å². The number of benzene rings is 2. The number of piperidine rings is 1. The van der Waals surface area contributed by atoms with Gasteiger partial charge in [0.25, 0.3) is 0 Å². The summed E-state index contributed by atoms with van der Waals surface area (Å²) in [5.74, 6) is 0.848. The van der Waals surface area contributed by atoms with Crippen LogP contribution in [0.3, 0.4) is 0 Å². The van der Waals surface area contributed by atoms with Crippen molar-refractivity contribution in [2.75, 3.05) is 13.1 Å². The number of pyridine rings is 1. The number of hydrogen-bond acceptors (Lipinski definition) is 4. The Morgan fingerprint density at radius 1 is 0.970 bits per heavy atom. The van der Waals surface area contributed by atoms with Crippen LogP contribution in [0, 0.1) is 12.7 Å². The number of rotatable bonds is 5. The molecule has 3 heterocycles. The Morgan fingerprint density at radius 2 is 1.76 bits per heavy atom. The van der Waals surface area contributed by atoms with Crippen molar-refractivity contribution in [2.24, 2.45) is 0 Å². The van der Waals surface area contributed by atoms with Gasteiger partial charge in [-0.2, -0.15) is 0 Å². The highest BCUT2D eigenvalue weighted by molar-refractivity contribution is 5.70. The van der Waals surface area contributed by atoms with E-state index in [4.69, 9.17) is 9.97 Å². The minimum absolute atomic E-state index is 0.192. The molecular weight excluding hydrogens is 411 g/mol. The molecule has 0 spiro atoms. The summed E-state index contributed by atoms with van der Waals surface area (Å²) in [7, 11) is 0. The molecule has 5 heteroatoms. The number of hydrogen-bond donors (Lipinski definition) is 0. The third-order valence-corrected chi connectivity index (χ3v) is 6.40. The fraction of sp³-hybridized carbons (Fsp3) is 0.250. The summed E-state index contributed by atoms with van der Waals surface area (Å²) in [5.41, 5.74) is 6.73. The highest BCUT2D eigenvalue weighted by Gasteiger charge is 2.26. The summed E-state index contributed by atoms with van der Waals surface area (Å²) in [4.78, 5) is 16.4. The highest BCUT2D eigenvalue weighted by Crippen LogP contribution is 2.35. The Kier molecular flexibility index (Phi) is 6.22. The van der Waals surface area contributed by atoms with E-state index in [9.17, 15) is 4.39 Å². The fourth-order valence-electron chi connectivity index (χ4n) is 4.70. The third kappa shape index (κ3) is 4.83. The van der Waals surface area contributed by atoms with Gasteiger partial charge in [-0.1, -0.05) is 36.4 Å². The molecule has 2 aromatic heterocycles. The maximum atomic E-state index is 13.3.